The lowest BCUT2D eigenvalue weighted by molar-refractivity contribution is 0.254. The van der Waals surface area contributed by atoms with Gasteiger partial charge in [-0.3, -0.25) is 0 Å². The van der Waals surface area contributed by atoms with Gasteiger partial charge in [0.25, 0.3) is 0 Å². The van der Waals surface area contributed by atoms with Crippen molar-refractivity contribution in [3.05, 3.63) is 0 Å². The topological polar surface area (TPSA) is 3.24 Å². The van der Waals surface area contributed by atoms with Crippen molar-refractivity contribution in [2.24, 2.45) is 11.8 Å². The van der Waals surface area contributed by atoms with Gasteiger partial charge in [-0.2, -0.15) is 0 Å². The molecule has 0 rings (SSSR count). The molecule has 0 amide bonds. The van der Waals surface area contributed by atoms with E-state index >= 15 is 0 Å². The minimum absolute atomic E-state index is 0.831. The van der Waals surface area contributed by atoms with E-state index in [0.29, 0.717) is 0 Å². The van der Waals surface area contributed by atoms with E-state index in [1.54, 1.807) is 0 Å². The zero-order valence-electron chi connectivity index (χ0n) is 8.72. The number of hydrogen-bond acceptors (Lipinski definition) is 1. The molecule has 0 bridgehead atoms. The van der Waals surface area contributed by atoms with Crippen molar-refractivity contribution in [2.75, 3.05) is 20.6 Å². The minimum Gasteiger partial charge on any atom is -0.309 e. The van der Waals surface area contributed by atoms with E-state index in [-0.39, 0.29) is 0 Å². The molecule has 0 aromatic heterocycles. The van der Waals surface area contributed by atoms with Gasteiger partial charge in [-0.05, 0) is 32.4 Å². The molecule has 0 radical (unpaired) electrons. The molecule has 0 saturated heterocycles. The summed E-state index contributed by atoms with van der Waals surface area (Å²) in [6.45, 7) is 8.16. The number of hydrogen-bond donors (Lipinski definition) is 0. The third-order valence-electron chi connectivity index (χ3n) is 2.20. The molecule has 0 saturated carbocycles. The summed E-state index contributed by atoms with van der Waals surface area (Å²) in [5, 5.41) is 0. The van der Waals surface area contributed by atoms with Gasteiger partial charge >= 0.3 is 0 Å². The maximum absolute atomic E-state index is 2.32. The molecule has 0 unspecified atom stereocenters. The van der Waals surface area contributed by atoms with Gasteiger partial charge in [-0.25, -0.2) is 0 Å². The van der Waals surface area contributed by atoms with E-state index in [1.165, 1.54) is 19.4 Å². The molecule has 1 nitrogen and oxygen atoms in total. The lowest BCUT2D eigenvalue weighted by Crippen LogP contribution is -2.25. The van der Waals surface area contributed by atoms with E-state index in [9.17, 15) is 0 Å². The third kappa shape index (κ3) is 5.25. The fourth-order valence-corrected chi connectivity index (χ4v) is 1.48. The Hall–Kier alpha value is -0.0400. The molecule has 0 spiro atoms. The summed E-state index contributed by atoms with van der Waals surface area (Å²) in [5.74, 6) is 1.72. The van der Waals surface area contributed by atoms with Gasteiger partial charge in [0.1, 0.15) is 0 Å². The zero-order chi connectivity index (χ0) is 8.85. The lowest BCUT2D eigenvalue weighted by Gasteiger charge is -2.23. The smallest absolute Gasteiger partial charge is 0.000600 e. The van der Waals surface area contributed by atoms with Crippen molar-refractivity contribution in [1.29, 1.82) is 0 Å². The van der Waals surface area contributed by atoms with Crippen molar-refractivity contribution >= 4 is 0 Å². The van der Waals surface area contributed by atoms with Crippen LogP contribution in [0.25, 0.3) is 0 Å². The van der Waals surface area contributed by atoms with E-state index in [4.69, 9.17) is 0 Å². The highest BCUT2D eigenvalue weighted by Gasteiger charge is 2.12. The van der Waals surface area contributed by atoms with Gasteiger partial charge in [0.05, 0.1) is 0 Å². The molecule has 0 aromatic carbocycles. The quantitative estimate of drug-likeness (QED) is 0.593. The first-order valence-electron chi connectivity index (χ1n) is 4.72. The maximum atomic E-state index is 2.32. The summed E-state index contributed by atoms with van der Waals surface area (Å²) < 4.78 is 0. The number of rotatable bonds is 5. The van der Waals surface area contributed by atoms with E-state index in [1.807, 2.05) is 0 Å². The van der Waals surface area contributed by atoms with Crippen LogP contribution in [0.1, 0.15) is 33.6 Å². The Balaban J connectivity index is 3.69. The van der Waals surface area contributed by atoms with Crippen LogP contribution >= 0.6 is 0 Å². The number of nitrogens with zero attached hydrogens (tertiary/aromatic N) is 1. The monoisotopic (exact) mass is 157 g/mol. The Morgan fingerprint density at radius 2 is 1.73 bits per heavy atom. The van der Waals surface area contributed by atoms with Crippen molar-refractivity contribution in [3.8, 4) is 0 Å². The van der Waals surface area contributed by atoms with Crippen molar-refractivity contribution in [2.45, 2.75) is 33.6 Å². The highest BCUT2D eigenvalue weighted by molar-refractivity contribution is 4.64. The van der Waals surface area contributed by atoms with Crippen LogP contribution in [-0.2, 0) is 0 Å². The zero-order valence-corrected chi connectivity index (χ0v) is 8.72. The fraction of sp³-hybridized carbons (Fsp3) is 1.00. The van der Waals surface area contributed by atoms with Gasteiger partial charge in [0.2, 0.25) is 0 Å². The first kappa shape index (κ1) is 11.0. The van der Waals surface area contributed by atoms with Gasteiger partial charge in [0.15, 0.2) is 0 Å². The van der Waals surface area contributed by atoms with E-state index < -0.39 is 0 Å². The Bertz CT molecular complexity index is 86.9. The lowest BCUT2D eigenvalue weighted by atomic mass is 9.91. The predicted octanol–water partition coefficient (Wildman–Crippen LogP) is 2.62. The molecule has 1 atom stereocenters. The summed E-state index contributed by atoms with van der Waals surface area (Å²) in [5.41, 5.74) is 0. The Morgan fingerprint density at radius 3 is 2.00 bits per heavy atom. The molecule has 0 N–H and O–H groups in total. The second-order valence-corrected chi connectivity index (χ2v) is 4.06. The van der Waals surface area contributed by atoms with Crippen molar-refractivity contribution < 1.29 is 0 Å². The summed E-state index contributed by atoms with van der Waals surface area (Å²) >= 11 is 0. The average Bonchev–Trinajstić information content (AvgIpc) is 1.86. The molecule has 0 aromatic rings. The molecule has 0 aliphatic carbocycles. The Kier molecular flexibility index (Phi) is 5.57. The Morgan fingerprint density at radius 1 is 1.18 bits per heavy atom. The summed E-state index contributed by atoms with van der Waals surface area (Å²) in [4.78, 5) is 2.29. The van der Waals surface area contributed by atoms with Crippen LogP contribution in [0, 0.1) is 11.8 Å². The van der Waals surface area contributed by atoms with Crippen LogP contribution in [0.4, 0.5) is 0 Å². The molecular formula is C10H23N. The third-order valence-corrected chi connectivity index (χ3v) is 2.20. The molecule has 0 aliphatic heterocycles. The second kappa shape index (κ2) is 5.59. The van der Waals surface area contributed by atoms with Crippen molar-refractivity contribution in [3.63, 3.8) is 0 Å². The SMILES string of the molecule is CCC[C@@H](CN(C)C)C(C)C. The molecule has 0 aliphatic rings. The molecule has 0 fully saturated rings. The fourth-order valence-electron chi connectivity index (χ4n) is 1.48. The van der Waals surface area contributed by atoms with Gasteiger partial charge in [-0.15, -0.1) is 0 Å². The Labute approximate surface area is 71.8 Å². The molecule has 11 heavy (non-hydrogen) atoms. The molecule has 0 heterocycles. The molecule has 68 valence electrons. The van der Waals surface area contributed by atoms with Gasteiger partial charge < -0.3 is 4.90 Å². The summed E-state index contributed by atoms with van der Waals surface area (Å²) in [6, 6.07) is 0. The summed E-state index contributed by atoms with van der Waals surface area (Å²) in [7, 11) is 4.32. The highest BCUT2D eigenvalue weighted by Crippen LogP contribution is 2.17. The van der Waals surface area contributed by atoms with Crippen LogP contribution in [0.3, 0.4) is 0 Å². The standard InChI is InChI=1S/C10H23N/c1-6-7-10(9(2)3)8-11(4)5/h9-10H,6-8H2,1-5H3/t10-/m0/s1. The molecule has 1 heteroatoms. The first-order valence-corrected chi connectivity index (χ1v) is 4.72. The summed E-state index contributed by atoms with van der Waals surface area (Å²) in [6.07, 6.45) is 2.69. The van der Waals surface area contributed by atoms with E-state index in [0.717, 1.165) is 11.8 Å². The second-order valence-electron chi connectivity index (χ2n) is 4.06. The van der Waals surface area contributed by atoms with Gasteiger partial charge in [0, 0.05) is 6.54 Å². The maximum Gasteiger partial charge on any atom is 0.000600 e. The molecular weight excluding hydrogens is 134 g/mol. The first-order chi connectivity index (χ1) is 5.07. The van der Waals surface area contributed by atoms with E-state index in [2.05, 4.69) is 39.8 Å². The predicted molar refractivity (Wildman–Crippen MR) is 51.8 cm³/mol. The van der Waals surface area contributed by atoms with Gasteiger partial charge in [-0.1, -0.05) is 27.2 Å². The minimum atomic E-state index is 0.831. The van der Waals surface area contributed by atoms with Crippen molar-refractivity contribution in [1.82, 2.24) is 4.90 Å². The van der Waals surface area contributed by atoms with Crippen LogP contribution in [0.5, 0.6) is 0 Å². The average molecular weight is 157 g/mol. The van der Waals surface area contributed by atoms with Crippen LogP contribution in [0.2, 0.25) is 0 Å². The highest BCUT2D eigenvalue weighted by atomic mass is 15.1. The van der Waals surface area contributed by atoms with Crippen LogP contribution < -0.4 is 0 Å². The largest absolute Gasteiger partial charge is 0.309 e. The normalized spacial score (nSPS) is 14.5. The van der Waals surface area contributed by atoms with Crippen LogP contribution in [-0.4, -0.2) is 25.5 Å². The van der Waals surface area contributed by atoms with Crippen LogP contribution in [0.15, 0.2) is 0 Å².